The normalized spacial score (nSPS) is 9.86. The van der Waals surface area contributed by atoms with E-state index in [0.29, 0.717) is 6.61 Å². The van der Waals surface area contributed by atoms with Crippen LogP contribution in [0.4, 0.5) is 11.4 Å². The molecule has 0 unspecified atom stereocenters. The van der Waals surface area contributed by atoms with E-state index in [9.17, 15) is 4.79 Å². The van der Waals surface area contributed by atoms with Crippen LogP contribution in [0.5, 0.6) is 5.75 Å². The van der Waals surface area contributed by atoms with Crippen LogP contribution in [0.25, 0.3) is 0 Å². The Balaban J connectivity index is 1.82. The quantitative estimate of drug-likeness (QED) is 0.731. The molecule has 0 saturated heterocycles. The smallest absolute Gasteiger partial charge is 0.243 e. The average Bonchev–Trinajstić information content (AvgIpc) is 2.52. The number of carbonyl (C=O) groups is 1. The zero-order valence-corrected chi connectivity index (χ0v) is 13.6. The lowest BCUT2D eigenvalue weighted by Gasteiger charge is -2.09. The summed E-state index contributed by atoms with van der Waals surface area (Å²) < 4.78 is 6.35. The summed E-state index contributed by atoms with van der Waals surface area (Å²) in [5.41, 5.74) is 1.62. The van der Waals surface area contributed by atoms with Gasteiger partial charge in [0.2, 0.25) is 5.91 Å². The topological polar surface area (TPSA) is 50.4 Å². The van der Waals surface area contributed by atoms with Crippen LogP contribution < -0.4 is 15.4 Å². The summed E-state index contributed by atoms with van der Waals surface area (Å²) in [5.74, 6) is 0.630. The molecule has 0 aliphatic carbocycles. The summed E-state index contributed by atoms with van der Waals surface area (Å²) >= 11 is 3.39. The lowest BCUT2D eigenvalue weighted by Crippen LogP contribution is -2.21. The van der Waals surface area contributed by atoms with Crippen molar-refractivity contribution in [2.24, 2.45) is 0 Å². The summed E-state index contributed by atoms with van der Waals surface area (Å²) in [6, 6.07) is 14.9. The number of hydrogen-bond acceptors (Lipinski definition) is 3. The van der Waals surface area contributed by atoms with Gasteiger partial charge in [-0.15, -0.1) is 0 Å². The van der Waals surface area contributed by atoms with E-state index in [1.165, 1.54) is 0 Å². The zero-order valence-electron chi connectivity index (χ0n) is 12.0. The molecule has 0 aromatic heterocycles. The zero-order chi connectivity index (χ0) is 15.8. The molecule has 0 aliphatic rings. The largest absolute Gasteiger partial charge is 0.490 e. The Bertz CT molecular complexity index is 641. The molecule has 4 nitrogen and oxygen atoms in total. The number of anilines is 2. The molecule has 0 aliphatic heterocycles. The van der Waals surface area contributed by atoms with Gasteiger partial charge in [-0.25, -0.2) is 0 Å². The van der Waals surface area contributed by atoms with Crippen LogP contribution in [0, 0.1) is 0 Å². The summed E-state index contributed by atoms with van der Waals surface area (Å²) in [4.78, 5) is 11.9. The Labute approximate surface area is 138 Å². The molecule has 2 N–H and O–H groups in total. The molecule has 0 heterocycles. The minimum atomic E-state index is -0.111. The van der Waals surface area contributed by atoms with E-state index < -0.39 is 0 Å². The predicted molar refractivity (Wildman–Crippen MR) is 93.4 cm³/mol. The van der Waals surface area contributed by atoms with Crippen molar-refractivity contribution in [3.05, 3.63) is 65.7 Å². The number of carbonyl (C=O) groups excluding carboxylic acids is 1. The van der Waals surface area contributed by atoms with E-state index >= 15 is 0 Å². The molecule has 0 saturated carbocycles. The standard InChI is InChI=1S/C17H17BrN2O2/c1-2-10-22-16-8-6-14(7-9-16)20-17(21)12-19-15-5-3-4-13(18)11-15/h2-9,11,19H,1,10,12H2,(H,20,21). The van der Waals surface area contributed by atoms with Crippen LogP contribution in [0.3, 0.4) is 0 Å². The van der Waals surface area contributed by atoms with Gasteiger partial charge in [-0.3, -0.25) is 4.79 Å². The van der Waals surface area contributed by atoms with E-state index in [-0.39, 0.29) is 12.5 Å². The highest BCUT2D eigenvalue weighted by molar-refractivity contribution is 9.10. The second-order valence-electron chi connectivity index (χ2n) is 4.54. The van der Waals surface area contributed by atoms with Gasteiger partial charge >= 0.3 is 0 Å². The lowest BCUT2D eigenvalue weighted by molar-refractivity contribution is -0.114. The Morgan fingerprint density at radius 1 is 1.18 bits per heavy atom. The van der Waals surface area contributed by atoms with Crippen molar-refractivity contribution < 1.29 is 9.53 Å². The molecule has 0 fully saturated rings. The third-order valence-corrected chi connectivity index (χ3v) is 3.28. The summed E-state index contributed by atoms with van der Waals surface area (Å²) in [5, 5.41) is 5.89. The maximum atomic E-state index is 11.9. The number of rotatable bonds is 7. The fourth-order valence-electron chi connectivity index (χ4n) is 1.78. The molecule has 0 radical (unpaired) electrons. The van der Waals surface area contributed by atoms with Gasteiger partial charge < -0.3 is 15.4 Å². The van der Waals surface area contributed by atoms with Crippen molar-refractivity contribution in [1.82, 2.24) is 0 Å². The second-order valence-corrected chi connectivity index (χ2v) is 5.45. The van der Waals surface area contributed by atoms with Crippen molar-refractivity contribution in [2.75, 3.05) is 23.8 Å². The van der Waals surface area contributed by atoms with E-state index in [4.69, 9.17) is 4.74 Å². The minimum Gasteiger partial charge on any atom is -0.490 e. The molecule has 0 spiro atoms. The second kappa shape index (κ2) is 8.24. The first kappa shape index (κ1) is 16.1. The Kier molecular flexibility index (Phi) is 6.03. The number of halogens is 1. The highest BCUT2D eigenvalue weighted by atomic mass is 79.9. The Morgan fingerprint density at radius 2 is 1.95 bits per heavy atom. The Morgan fingerprint density at radius 3 is 2.64 bits per heavy atom. The highest BCUT2D eigenvalue weighted by Crippen LogP contribution is 2.17. The van der Waals surface area contributed by atoms with Gasteiger partial charge in [0.05, 0.1) is 6.54 Å². The van der Waals surface area contributed by atoms with Crippen LogP contribution in [-0.4, -0.2) is 19.1 Å². The van der Waals surface area contributed by atoms with Crippen LogP contribution in [-0.2, 0) is 4.79 Å². The molecule has 114 valence electrons. The number of benzene rings is 2. The first-order valence-corrected chi connectivity index (χ1v) is 7.60. The van der Waals surface area contributed by atoms with Crippen molar-refractivity contribution in [3.8, 4) is 5.75 Å². The number of ether oxygens (including phenoxy) is 1. The van der Waals surface area contributed by atoms with Gasteiger partial charge in [0.15, 0.2) is 0 Å². The molecular formula is C17H17BrN2O2. The van der Waals surface area contributed by atoms with Crippen molar-refractivity contribution >= 4 is 33.2 Å². The van der Waals surface area contributed by atoms with Gasteiger partial charge in [-0.2, -0.15) is 0 Å². The molecule has 2 aromatic carbocycles. The molecule has 22 heavy (non-hydrogen) atoms. The molecule has 5 heteroatoms. The van der Waals surface area contributed by atoms with Crippen LogP contribution >= 0.6 is 15.9 Å². The van der Waals surface area contributed by atoms with Crippen molar-refractivity contribution in [2.45, 2.75) is 0 Å². The van der Waals surface area contributed by atoms with Gasteiger partial charge in [-0.05, 0) is 42.5 Å². The van der Waals surface area contributed by atoms with Crippen molar-refractivity contribution in [1.29, 1.82) is 0 Å². The van der Waals surface area contributed by atoms with Crippen LogP contribution in [0.1, 0.15) is 0 Å². The van der Waals surface area contributed by atoms with E-state index in [0.717, 1.165) is 21.6 Å². The first-order valence-electron chi connectivity index (χ1n) is 6.80. The summed E-state index contributed by atoms with van der Waals surface area (Å²) in [7, 11) is 0. The van der Waals surface area contributed by atoms with E-state index in [2.05, 4.69) is 33.1 Å². The molecule has 2 rings (SSSR count). The fraction of sp³-hybridized carbons (Fsp3) is 0.118. The Hall–Kier alpha value is -2.27. The number of amides is 1. The average molecular weight is 361 g/mol. The van der Waals surface area contributed by atoms with Gasteiger partial charge in [-0.1, -0.05) is 34.7 Å². The van der Waals surface area contributed by atoms with E-state index in [1.54, 1.807) is 30.3 Å². The SMILES string of the molecule is C=CCOc1ccc(NC(=O)CNc2cccc(Br)c2)cc1. The van der Waals surface area contributed by atoms with E-state index in [1.807, 2.05) is 24.3 Å². The van der Waals surface area contributed by atoms with Gasteiger partial charge in [0.1, 0.15) is 12.4 Å². The minimum absolute atomic E-state index is 0.111. The third-order valence-electron chi connectivity index (χ3n) is 2.78. The molecule has 2 aromatic rings. The maximum absolute atomic E-state index is 11.9. The molecular weight excluding hydrogens is 344 g/mol. The van der Waals surface area contributed by atoms with Crippen LogP contribution in [0.15, 0.2) is 65.7 Å². The van der Waals surface area contributed by atoms with Gasteiger partial charge in [0, 0.05) is 15.8 Å². The molecule has 1 amide bonds. The van der Waals surface area contributed by atoms with Crippen molar-refractivity contribution in [3.63, 3.8) is 0 Å². The number of nitrogens with one attached hydrogen (secondary N) is 2. The molecule has 0 bridgehead atoms. The summed E-state index contributed by atoms with van der Waals surface area (Å²) in [6.07, 6.45) is 1.68. The molecule has 0 atom stereocenters. The van der Waals surface area contributed by atoms with Gasteiger partial charge in [0.25, 0.3) is 0 Å². The highest BCUT2D eigenvalue weighted by Gasteiger charge is 2.03. The maximum Gasteiger partial charge on any atom is 0.243 e. The predicted octanol–water partition coefficient (Wildman–Crippen LogP) is 4.06. The van der Waals surface area contributed by atoms with Crippen LogP contribution in [0.2, 0.25) is 0 Å². The number of hydrogen-bond donors (Lipinski definition) is 2. The monoisotopic (exact) mass is 360 g/mol. The lowest BCUT2D eigenvalue weighted by atomic mass is 10.3. The summed E-state index contributed by atoms with van der Waals surface area (Å²) in [6.45, 7) is 4.25. The third kappa shape index (κ3) is 5.26. The fourth-order valence-corrected chi connectivity index (χ4v) is 2.17. The first-order chi connectivity index (χ1) is 10.7.